The van der Waals surface area contributed by atoms with Crippen LogP contribution in [0.15, 0.2) is 24.3 Å². The second kappa shape index (κ2) is 2.59. The summed E-state index contributed by atoms with van der Waals surface area (Å²) >= 11 is 0. The van der Waals surface area contributed by atoms with Crippen LogP contribution in [0.5, 0.6) is 0 Å². The minimum Gasteiger partial charge on any atom is -0.272 e. The summed E-state index contributed by atoms with van der Waals surface area (Å²) in [5.41, 5.74) is 1.84. The minimum absolute atomic E-state index is 0.0923. The Morgan fingerprint density at radius 3 is 2.67 bits per heavy atom. The van der Waals surface area contributed by atoms with E-state index in [9.17, 15) is 9.28 Å². The van der Waals surface area contributed by atoms with Gasteiger partial charge in [0.1, 0.15) is 0 Å². The molecule has 1 aromatic carbocycles. The molecule has 0 spiro atoms. The van der Waals surface area contributed by atoms with Crippen LogP contribution in [0, 0.1) is 0 Å². The summed E-state index contributed by atoms with van der Waals surface area (Å²) in [4.78, 5) is 10.9. The van der Waals surface area contributed by atoms with Gasteiger partial charge >= 0.3 is 0 Å². The van der Waals surface area contributed by atoms with Crippen molar-refractivity contribution in [3.8, 4) is 0 Å². The monoisotopic (exact) mass is 165 g/mol. The van der Waals surface area contributed by atoms with E-state index in [0.29, 0.717) is 0 Å². The van der Waals surface area contributed by atoms with Gasteiger partial charge in [-0.15, -0.1) is 0 Å². The molecule has 12 heavy (non-hydrogen) atoms. The van der Waals surface area contributed by atoms with E-state index in [1.165, 1.54) is 0 Å². The van der Waals surface area contributed by atoms with Crippen LogP contribution in [-0.2, 0) is 17.8 Å². The van der Waals surface area contributed by atoms with Crippen molar-refractivity contribution in [2.45, 2.75) is 13.0 Å². The molecule has 2 nitrogen and oxygen atoms in total. The topological polar surface area (TPSA) is 20.3 Å². The number of amides is 1. The SMILES string of the molecule is O=C1Cc2ccccc2CN1F. The zero-order chi connectivity index (χ0) is 8.55. The van der Waals surface area contributed by atoms with Gasteiger partial charge in [-0.2, -0.15) is 5.12 Å². The molecule has 0 N–H and O–H groups in total. The molecule has 1 amide bonds. The van der Waals surface area contributed by atoms with Gasteiger partial charge in [0.2, 0.25) is 0 Å². The van der Waals surface area contributed by atoms with Gasteiger partial charge in [-0.1, -0.05) is 28.7 Å². The number of hydrogen-bond donors (Lipinski definition) is 0. The van der Waals surface area contributed by atoms with Crippen molar-refractivity contribution in [3.05, 3.63) is 35.4 Å². The highest BCUT2D eigenvalue weighted by Gasteiger charge is 2.21. The Kier molecular flexibility index (Phi) is 1.57. The first-order valence-electron chi connectivity index (χ1n) is 3.80. The van der Waals surface area contributed by atoms with Gasteiger partial charge < -0.3 is 0 Å². The molecule has 1 heterocycles. The highest BCUT2D eigenvalue weighted by molar-refractivity contribution is 5.79. The van der Waals surface area contributed by atoms with E-state index in [-0.39, 0.29) is 18.1 Å². The maximum atomic E-state index is 12.7. The van der Waals surface area contributed by atoms with Crippen LogP contribution in [0.3, 0.4) is 0 Å². The number of fused-ring (bicyclic) bond motifs is 1. The molecule has 0 saturated heterocycles. The molecule has 1 aromatic rings. The van der Waals surface area contributed by atoms with Crippen molar-refractivity contribution >= 4 is 5.91 Å². The fraction of sp³-hybridized carbons (Fsp3) is 0.222. The fourth-order valence-corrected chi connectivity index (χ4v) is 1.37. The normalized spacial score (nSPS) is 16.1. The third-order valence-corrected chi connectivity index (χ3v) is 2.04. The molecule has 0 fully saturated rings. The van der Waals surface area contributed by atoms with E-state index < -0.39 is 5.91 Å². The van der Waals surface area contributed by atoms with Gasteiger partial charge in [0.15, 0.2) is 0 Å². The zero-order valence-electron chi connectivity index (χ0n) is 6.46. The predicted octanol–water partition coefficient (Wildman–Crippen LogP) is 1.46. The van der Waals surface area contributed by atoms with Crippen LogP contribution >= 0.6 is 0 Å². The lowest BCUT2D eigenvalue weighted by atomic mass is 10.0. The first kappa shape index (κ1) is 7.28. The summed E-state index contributed by atoms with van der Waals surface area (Å²) < 4.78 is 12.7. The Balaban J connectivity index is 2.40. The molecule has 1 aliphatic heterocycles. The van der Waals surface area contributed by atoms with Crippen molar-refractivity contribution < 1.29 is 9.28 Å². The quantitative estimate of drug-likeness (QED) is 0.533. The molecule has 2 rings (SSSR count). The average molecular weight is 165 g/mol. The van der Waals surface area contributed by atoms with E-state index >= 15 is 0 Å². The Hall–Kier alpha value is -1.38. The van der Waals surface area contributed by atoms with Crippen molar-refractivity contribution in [1.29, 1.82) is 0 Å². The van der Waals surface area contributed by atoms with Crippen molar-refractivity contribution in [1.82, 2.24) is 5.12 Å². The molecule has 0 atom stereocenters. The van der Waals surface area contributed by atoms with Crippen LogP contribution in [0.1, 0.15) is 11.1 Å². The highest BCUT2D eigenvalue weighted by Crippen LogP contribution is 2.18. The van der Waals surface area contributed by atoms with Gasteiger partial charge in [-0.05, 0) is 11.1 Å². The van der Waals surface area contributed by atoms with Crippen molar-refractivity contribution in [3.63, 3.8) is 0 Å². The average Bonchev–Trinajstić information content (AvgIpc) is 2.07. The zero-order valence-corrected chi connectivity index (χ0v) is 6.46. The van der Waals surface area contributed by atoms with Crippen LogP contribution in [0.4, 0.5) is 4.48 Å². The van der Waals surface area contributed by atoms with Crippen LogP contribution in [0.2, 0.25) is 0 Å². The summed E-state index contributed by atoms with van der Waals surface area (Å²) in [7, 11) is 0. The minimum atomic E-state index is -0.450. The number of benzene rings is 1. The Morgan fingerprint density at radius 1 is 1.25 bits per heavy atom. The van der Waals surface area contributed by atoms with E-state index in [1.807, 2.05) is 24.3 Å². The molecular formula is C9H8FNO. The standard InChI is InChI=1S/C9H8FNO/c10-11-6-8-4-2-1-3-7(8)5-9(11)12/h1-4H,5-6H2. The summed E-state index contributed by atoms with van der Waals surface area (Å²) in [5, 5.41) is 0.266. The highest BCUT2D eigenvalue weighted by atomic mass is 19.2. The van der Waals surface area contributed by atoms with E-state index in [0.717, 1.165) is 11.1 Å². The molecule has 0 aliphatic carbocycles. The Morgan fingerprint density at radius 2 is 1.92 bits per heavy atom. The lowest BCUT2D eigenvalue weighted by molar-refractivity contribution is -0.148. The molecule has 0 radical (unpaired) electrons. The van der Waals surface area contributed by atoms with Gasteiger partial charge in [0, 0.05) is 0 Å². The summed E-state index contributed by atoms with van der Waals surface area (Å²) in [6.07, 6.45) is 0.187. The molecule has 0 saturated carbocycles. The summed E-state index contributed by atoms with van der Waals surface area (Å²) in [5.74, 6) is -0.450. The van der Waals surface area contributed by atoms with Gasteiger partial charge in [-0.25, -0.2) is 0 Å². The van der Waals surface area contributed by atoms with E-state index in [2.05, 4.69) is 0 Å². The molecule has 0 aromatic heterocycles. The number of hydrogen-bond acceptors (Lipinski definition) is 1. The third kappa shape index (κ3) is 1.07. The number of nitrogens with zero attached hydrogens (tertiary/aromatic N) is 1. The van der Waals surface area contributed by atoms with Crippen molar-refractivity contribution in [2.75, 3.05) is 0 Å². The Labute approximate surface area is 69.5 Å². The van der Waals surface area contributed by atoms with Gasteiger partial charge in [-0.3, -0.25) is 4.79 Å². The van der Waals surface area contributed by atoms with Crippen LogP contribution in [0.25, 0.3) is 0 Å². The number of halogens is 1. The third-order valence-electron chi connectivity index (χ3n) is 2.04. The summed E-state index contributed by atoms with van der Waals surface area (Å²) in [6, 6.07) is 7.41. The lowest BCUT2D eigenvalue weighted by Crippen LogP contribution is -2.29. The molecular weight excluding hydrogens is 157 g/mol. The number of carbonyl (C=O) groups excluding carboxylic acids is 1. The fourth-order valence-electron chi connectivity index (χ4n) is 1.37. The summed E-state index contributed by atoms with van der Waals surface area (Å²) in [6.45, 7) is 0.0923. The Bertz CT molecular complexity index is 324. The van der Waals surface area contributed by atoms with Crippen molar-refractivity contribution in [2.24, 2.45) is 0 Å². The second-order valence-corrected chi connectivity index (χ2v) is 2.86. The van der Waals surface area contributed by atoms with E-state index in [4.69, 9.17) is 0 Å². The van der Waals surface area contributed by atoms with Crippen LogP contribution in [-0.4, -0.2) is 11.0 Å². The maximum absolute atomic E-state index is 12.7. The van der Waals surface area contributed by atoms with Gasteiger partial charge in [0.25, 0.3) is 5.91 Å². The number of carbonyl (C=O) groups is 1. The largest absolute Gasteiger partial charge is 0.272 e. The molecule has 1 aliphatic rings. The molecule has 0 bridgehead atoms. The predicted molar refractivity (Wildman–Crippen MR) is 41.8 cm³/mol. The maximum Gasteiger partial charge on any atom is 0.254 e. The van der Waals surface area contributed by atoms with Gasteiger partial charge in [0.05, 0.1) is 13.0 Å². The van der Waals surface area contributed by atoms with Crippen LogP contribution < -0.4 is 0 Å². The molecule has 62 valence electrons. The molecule has 0 unspecified atom stereocenters. The smallest absolute Gasteiger partial charge is 0.254 e. The first-order valence-corrected chi connectivity index (χ1v) is 3.80. The van der Waals surface area contributed by atoms with E-state index in [1.54, 1.807) is 0 Å². The number of rotatable bonds is 0. The first-order chi connectivity index (χ1) is 5.77. The second-order valence-electron chi connectivity index (χ2n) is 2.86. The lowest BCUT2D eigenvalue weighted by Gasteiger charge is -2.20. The molecule has 3 heteroatoms.